The van der Waals surface area contributed by atoms with E-state index in [0.717, 1.165) is 13.1 Å². The van der Waals surface area contributed by atoms with E-state index in [1.165, 1.54) is 24.3 Å². The number of alkyl halides is 2. The molecule has 2 aliphatic rings. The summed E-state index contributed by atoms with van der Waals surface area (Å²) in [6, 6.07) is 5.42. The third-order valence-corrected chi connectivity index (χ3v) is 5.40. The number of amides is 2. The largest absolute Gasteiger partial charge is 0.435 e. The molecule has 2 fully saturated rings. The summed E-state index contributed by atoms with van der Waals surface area (Å²) in [4.78, 5) is 31.0. The van der Waals surface area contributed by atoms with Crippen LogP contribution in [0.4, 0.5) is 14.5 Å². The molecular weight excluding hydrogens is 398 g/mol. The van der Waals surface area contributed by atoms with E-state index in [1.54, 1.807) is 0 Å². The van der Waals surface area contributed by atoms with Crippen LogP contribution in [-0.2, 0) is 14.3 Å². The molecule has 1 atom stereocenters. The number of hydrogen-bond acceptors (Lipinski definition) is 6. The highest BCUT2D eigenvalue weighted by molar-refractivity contribution is 5.94. The molecule has 2 heterocycles. The van der Waals surface area contributed by atoms with Gasteiger partial charge in [-0.15, -0.1) is 0 Å². The van der Waals surface area contributed by atoms with Crippen molar-refractivity contribution in [3.8, 4) is 5.75 Å². The first-order valence-electron chi connectivity index (χ1n) is 10.1. The summed E-state index contributed by atoms with van der Waals surface area (Å²) in [6.45, 7) is 4.61. The summed E-state index contributed by atoms with van der Waals surface area (Å²) in [5.74, 6) is -0.0423. The number of benzene rings is 1. The van der Waals surface area contributed by atoms with Gasteiger partial charge in [0.05, 0.1) is 25.8 Å². The molecule has 10 heteroatoms. The molecule has 0 saturated carbocycles. The Labute approximate surface area is 174 Å². The Morgan fingerprint density at radius 3 is 2.30 bits per heavy atom. The molecule has 0 bridgehead atoms. The van der Waals surface area contributed by atoms with Gasteiger partial charge >= 0.3 is 6.61 Å². The lowest BCUT2D eigenvalue weighted by molar-refractivity contribution is -0.135. The van der Waals surface area contributed by atoms with Crippen molar-refractivity contribution >= 4 is 17.5 Å². The van der Waals surface area contributed by atoms with Gasteiger partial charge < -0.3 is 19.7 Å². The van der Waals surface area contributed by atoms with Gasteiger partial charge in [0.15, 0.2) is 0 Å². The van der Waals surface area contributed by atoms with E-state index >= 15 is 0 Å². The van der Waals surface area contributed by atoms with Crippen LogP contribution in [0.5, 0.6) is 5.75 Å². The first-order chi connectivity index (χ1) is 14.4. The number of morpholine rings is 1. The second-order valence-corrected chi connectivity index (χ2v) is 7.37. The van der Waals surface area contributed by atoms with Crippen LogP contribution in [0, 0.1) is 0 Å². The van der Waals surface area contributed by atoms with Crippen LogP contribution in [0.25, 0.3) is 0 Å². The van der Waals surface area contributed by atoms with Crippen LogP contribution in [0.15, 0.2) is 24.3 Å². The van der Waals surface area contributed by atoms with Gasteiger partial charge in [0.25, 0.3) is 0 Å². The summed E-state index contributed by atoms with van der Waals surface area (Å²) in [7, 11) is 0. The van der Waals surface area contributed by atoms with Crippen molar-refractivity contribution in [3.05, 3.63) is 24.3 Å². The number of halogens is 2. The minimum atomic E-state index is -2.88. The smallest absolute Gasteiger partial charge is 0.387 e. The quantitative estimate of drug-likeness (QED) is 0.704. The van der Waals surface area contributed by atoms with E-state index < -0.39 is 6.61 Å². The maximum atomic E-state index is 12.5. The van der Waals surface area contributed by atoms with E-state index in [9.17, 15) is 18.4 Å². The summed E-state index contributed by atoms with van der Waals surface area (Å²) in [5.41, 5.74) is 0.507. The van der Waals surface area contributed by atoms with Crippen molar-refractivity contribution in [1.29, 1.82) is 0 Å². The van der Waals surface area contributed by atoms with Crippen molar-refractivity contribution in [2.24, 2.45) is 0 Å². The summed E-state index contributed by atoms with van der Waals surface area (Å²) < 4.78 is 34.0. The Morgan fingerprint density at radius 1 is 1.07 bits per heavy atom. The predicted molar refractivity (Wildman–Crippen MR) is 107 cm³/mol. The maximum absolute atomic E-state index is 12.5. The predicted octanol–water partition coefficient (Wildman–Crippen LogP) is 1.09. The summed E-state index contributed by atoms with van der Waals surface area (Å²) in [6.07, 6.45) is 0. The van der Waals surface area contributed by atoms with E-state index in [-0.39, 0.29) is 23.6 Å². The number of anilines is 1. The highest BCUT2D eigenvalue weighted by Gasteiger charge is 2.28. The Morgan fingerprint density at radius 2 is 1.70 bits per heavy atom. The van der Waals surface area contributed by atoms with Crippen molar-refractivity contribution in [2.75, 3.05) is 64.3 Å². The molecule has 2 aliphatic heterocycles. The van der Waals surface area contributed by atoms with Crippen LogP contribution >= 0.6 is 0 Å². The number of carbonyl (C=O) groups is 2. The molecule has 3 rings (SSSR count). The molecule has 1 aromatic carbocycles. The van der Waals surface area contributed by atoms with Gasteiger partial charge in [-0.1, -0.05) is 0 Å². The van der Waals surface area contributed by atoms with E-state index in [0.29, 0.717) is 51.6 Å². The zero-order chi connectivity index (χ0) is 21.5. The van der Waals surface area contributed by atoms with Gasteiger partial charge in [0.1, 0.15) is 5.75 Å². The molecule has 30 heavy (non-hydrogen) atoms. The fourth-order valence-corrected chi connectivity index (χ4v) is 3.54. The van der Waals surface area contributed by atoms with E-state index in [1.807, 2.05) is 16.7 Å². The number of nitrogens with one attached hydrogen (secondary N) is 1. The van der Waals surface area contributed by atoms with Crippen LogP contribution in [0.2, 0.25) is 0 Å². The SMILES string of the molecule is CC(C(=O)Nc1ccc(OC(F)F)cc1)N1CCN(C(=O)CN2CCOCC2)CC1. The highest BCUT2D eigenvalue weighted by Crippen LogP contribution is 2.18. The average molecular weight is 426 g/mol. The number of rotatable bonds is 7. The summed E-state index contributed by atoms with van der Waals surface area (Å²) in [5, 5.41) is 2.78. The van der Waals surface area contributed by atoms with Crippen LogP contribution in [-0.4, -0.2) is 98.2 Å². The van der Waals surface area contributed by atoms with Crippen LogP contribution in [0.1, 0.15) is 6.92 Å². The fraction of sp³-hybridized carbons (Fsp3) is 0.600. The Kier molecular flexibility index (Phi) is 7.94. The topological polar surface area (TPSA) is 74.4 Å². The normalized spacial score (nSPS) is 19.5. The maximum Gasteiger partial charge on any atom is 0.387 e. The molecule has 2 saturated heterocycles. The van der Waals surface area contributed by atoms with Crippen molar-refractivity contribution in [3.63, 3.8) is 0 Å². The third-order valence-electron chi connectivity index (χ3n) is 5.40. The van der Waals surface area contributed by atoms with Gasteiger partial charge in [-0.05, 0) is 31.2 Å². The lowest BCUT2D eigenvalue weighted by Crippen LogP contribution is -2.55. The standard InChI is InChI=1S/C20H28F2N4O4/c1-15(19(28)23-16-2-4-17(5-3-16)30-20(21)22)25-6-8-26(9-7-25)18(27)14-24-10-12-29-13-11-24/h2-5,15,20H,6-14H2,1H3,(H,23,28). The average Bonchev–Trinajstić information content (AvgIpc) is 2.75. The highest BCUT2D eigenvalue weighted by atomic mass is 19.3. The number of hydrogen-bond donors (Lipinski definition) is 1. The van der Waals surface area contributed by atoms with Gasteiger partial charge in [0, 0.05) is 45.0 Å². The third kappa shape index (κ3) is 6.35. The molecule has 1 aromatic rings. The summed E-state index contributed by atoms with van der Waals surface area (Å²) >= 11 is 0. The Hall–Kier alpha value is -2.30. The van der Waals surface area contributed by atoms with Crippen molar-refractivity contribution < 1.29 is 27.8 Å². The first kappa shape index (κ1) is 22.4. The molecule has 0 radical (unpaired) electrons. The van der Waals surface area contributed by atoms with E-state index in [2.05, 4.69) is 15.0 Å². The monoisotopic (exact) mass is 426 g/mol. The van der Waals surface area contributed by atoms with Crippen LogP contribution < -0.4 is 10.1 Å². The minimum Gasteiger partial charge on any atom is -0.435 e. The Balaban J connectivity index is 1.43. The first-order valence-corrected chi connectivity index (χ1v) is 10.1. The molecule has 0 aliphatic carbocycles. The van der Waals surface area contributed by atoms with Gasteiger partial charge in [-0.3, -0.25) is 19.4 Å². The Bertz CT molecular complexity index is 705. The number of piperazine rings is 1. The lowest BCUT2D eigenvalue weighted by atomic mass is 10.2. The molecule has 166 valence electrons. The minimum absolute atomic E-state index is 0.0360. The van der Waals surface area contributed by atoms with Gasteiger partial charge in [-0.25, -0.2) is 0 Å². The number of nitrogens with zero attached hydrogens (tertiary/aromatic N) is 3. The second kappa shape index (κ2) is 10.6. The molecule has 1 unspecified atom stereocenters. The molecule has 2 amide bonds. The number of carbonyl (C=O) groups excluding carboxylic acids is 2. The molecular formula is C20H28F2N4O4. The van der Waals surface area contributed by atoms with Crippen molar-refractivity contribution in [2.45, 2.75) is 19.6 Å². The fourth-order valence-electron chi connectivity index (χ4n) is 3.54. The molecule has 0 spiro atoms. The number of ether oxygens (including phenoxy) is 2. The van der Waals surface area contributed by atoms with E-state index in [4.69, 9.17) is 4.74 Å². The molecule has 1 N–H and O–H groups in total. The lowest BCUT2D eigenvalue weighted by Gasteiger charge is -2.38. The zero-order valence-electron chi connectivity index (χ0n) is 17.1. The van der Waals surface area contributed by atoms with Crippen molar-refractivity contribution in [1.82, 2.24) is 14.7 Å². The zero-order valence-corrected chi connectivity index (χ0v) is 17.1. The van der Waals surface area contributed by atoms with Crippen LogP contribution in [0.3, 0.4) is 0 Å². The van der Waals surface area contributed by atoms with Gasteiger partial charge in [-0.2, -0.15) is 8.78 Å². The molecule has 8 nitrogen and oxygen atoms in total. The molecule has 0 aromatic heterocycles. The second-order valence-electron chi connectivity index (χ2n) is 7.37. The van der Waals surface area contributed by atoms with Gasteiger partial charge in [0.2, 0.25) is 11.8 Å².